The number of likely N-dealkylation sites (tertiary alicyclic amines) is 1. The van der Waals surface area contributed by atoms with Gasteiger partial charge in [0.15, 0.2) is 0 Å². The van der Waals surface area contributed by atoms with Gasteiger partial charge in [0.1, 0.15) is 20.6 Å². The minimum Gasteiger partial charge on any atom is -0.444 e. The number of H-pyrrole nitrogens is 1. The molecule has 1 aliphatic rings. The molecule has 5 nitrogen and oxygen atoms in total. The Morgan fingerprint density at radius 3 is 2.68 bits per heavy atom. The predicted octanol–water partition coefficient (Wildman–Crippen LogP) is 4.01. The van der Waals surface area contributed by atoms with Gasteiger partial charge in [-0.2, -0.15) is 0 Å². The number of hydrogen-bond donors (Lipinski definition) is 1. The molecule has 0 aliphatic carbocycles. The zero-order valence-corrected chi connectivity index (χ0v) is 14.3. The van der Waals surface area contributed by atoms with E-state index in [4.69, 9.17) is 4.74 Å². The summed E-state index contributed by atoms with van der Waals surface area (Å²) in [6.45, 7) is 6.32. The third-order valence-electron chi connectivity index (χ3n) is 2.83. The van der Waals surface area contributed by atoms with Gasteiger partial charge < -0.3 is 9.72 Å². The summed E-state index contributed by atoms with van der Waals surface area (Å²) in [5.74, 6) is 0.780. The van der Waals surface area contributed by atoms with Crippen molar-refractivity contribution in [2.45, 2.75) is 45.3 Å². The number of nitrogens with one attached hydrogen (secondary N) is 1. The maximum atomic E-state index is 12.2. The summed E-state index contributed by atoms with van der Waals surface area (Å²) in [5.41, 5.74) is -0.478. The number of hydrogen-bond acceptors (Lipinski definition) is 3. The molecule has 1 saturated heterocycles. The molecule has 7 heteroatoms. The van der Waals surface area contributed by atoms with Crippen molar-refractivity contribution in [2.24, 2.45) is 0 Å². The van der Waals surface area contributed by atoms with Crippen LogP contribution in [-0.4, -0.2) is 33.1 Å². The third kappa shape index (κ3) is 3.51. The van der Waals surface area contributed by atoms with E-state index in [1.807, 2.05) is 20.8 Å². The summed E-state index contributed by atoms with van der Waals surface area (Å²) in [5, 5.41) is 0. The van der Waals surface area contributed by atoms with Crippen LogP contribution >= 0.6 is 31.9 Å². The van der Waals surface area contributed by atoms with Crippen LogP contribution in [0.25, 0.3) is 0 Å². The van der Waals surface area contributed by atoms with Gasteiger partial charge in [-0.05, 0) is 65.5 Å². The highest BCUT2D eigenvalue weighted by Gasteiger charge is 2.35. The summed E-state index contributed by atoms with van der Waals surface area (Å²) < 4.78 is 6.94. The van der Waals surface area contributed by atoms with Crippen molar-refractivity contribution in [1.29, 1.82) is 0 Å². The van der Waals surface area contributed by atoms with Gasteiger partial charge in [-0.15, -0.1) is 0 Å². The molecule has 1 aliphatic heterocycles. The Morgan fingerprint density at radius 1 is 1.47 bits per heavy atom. The van der Waals surface area contributed by atoms with Crippen LogP contribution in [0.2, 0.25) is 0 Å². The van der Waals surface area contributed by atoms with E-state index in [1.165, 1.54) is 0 Å². The highest BCUT2D eigenvalue weighted by molar-refractivity contribution is 9.13. The molecular formula is C12H17Br2N3O2. The number of carbonyl (C=O) groups is 1. The van der Waals surface area contributed by atoms with Gasteiger partial charge in [0, 0.05) is 6.54 Å². The number of ether oxygens (including phenoxy) is 1. The van der Waals surface area contributed by atoms with E-state index < -0.39 is 5.60 Å². The molecule has 0 unspecified atom stereocenters. The molecule has 2 heterocycles. The summed E-state index contributed by atoms with van der Waals surface area (Å²) in [7, 11) is 0. The number of nitrogens with zero attached hydrogens (tertiary/aromatic N) is 2. The number of amides is 1. The van der Waals surface area contributed by atoms with Crippen LogP contribution in [0.15, 0.2) is 9.21 Å². The quantitative estimate of drug-likeness (QED) is 0.782. The maximum Gasteiger partial charge on any atom is 0.410 e. The predicted molar refractivity (Wildman–Crippen MR) is 78.9 cm³/mol. The Hall–Kier alpha value is -0.560. The van der Waals surface area contributed by atoms with Crippen LogP contribution in [0.1, 0.15) is 45.5 Å². The molecule has 106 valence electrons. The zero-order chi connectivity index (χ0) is 14.2. The van der Waals surface area contributed by atoms with Crippen LogP contribution in [0.3, 0.4) is 0 Å². The lowest BCUT2D eigenvalue weighted by atomic mass is 10.2. The van der Waals surface area contributed by atoms with Crippen molar-refractivity contribution in [1.82, 2.24) is 14.9 Å². The van der Waals surface area contributed by atoms with Crippen LogP contribution < -0.4 is 0 Å². The fraction of sp³-hybridized carbons (Fsp3) is 0.667. The van der Waals surface area contributed by atoms with E-state index in [2.05, 4.69) is 41.8 Å². The second-order valence-electron chi connectivity index (χ2n) is 5.56. The van der Waals surface area contributed by atoms with Gasteiger partial charge in [-0.3, -0.25) is 4.90 Å². The first-order valence-corrected chi connectivity index (χ1v) is 7.77. The minimum absolute atomic E-state index is 0.0440. The molecule has 0 aromatic carbocycles. The first kappa shape index (κ1) is 14.8. The van der Waals surface area contributed by atoms with Crippen molar-refractivity contribution < 1.29 is 9.53 Å². The summed E-state index contributed by atoms with van der Waals surface area (Å²) in [4.78, 5) is 21.4. The number of aromatic nitrogens is 2. The van der Waals surface area contributed by atoms with Gasteiger partial charge in [0.2, 0.25) is 0 Å². The maximum absolute atomic E-state index is 12.2. The largest absolute Gasteiger partial charge is 0.444 e. The Kier molecular flexibility index (Phi) is 4.25. The Balaban J connectivity index is 2.15. The minimum atomic E-state index is -0.478. The second kappa shape index (κ2) is 5.44. The van der Waals surface area contributed by atoms with Crippen molar-refractivity contribution in [3.8, 4) is 0 Å². The molecule has 1 atom stereocenters. The first-order chi connectivity index (χ1) is 8.78. The Labute approximate surface area is 129 Å². The lowest BCUT2D eigenvalue weighted by Gasteiger charge is -2.27. The van der Waals surface area contributed by atoms with E-state index in [-0.39, 0.29) is 12.1 Å². The fourth-order valence-corrected chi connectivity index (χ4v) is 2.68. The standard InChI is InChI=1S/C12H17Br2N3O2/c1-12(2,3)19-11(18)17-6-4-5-7(17)10-15-8(13)9(14)16-10/h7H,4-6H2,1-3H3,(H,15,16)/t7-/m1/s1. The lowest BCUT2D eigenvalue weighted by Crippen LogP contribution is -2.36. The number of imidazole rings is 1. The molecular weight excluding hydrogens is 378 g/mol. The highest BCUT2D eigenvalue weighted by atomic mass is 79.9. The molecule has 0 saturated carbocycles. The fourth-order valence-electron chi connectivity index (χ4n) is 2.09. The van der Waals surface area contributed by atoms with E-state index >= 15 is 0 Å². The number of halogens is 2. The van der Waals surface area contributed by atoms with Crippen LogP contribution in [0.4, 0.5) is 4.79 Å². The smallest absolute Gasteiger partial charge is 0.410 e. The molecule has 0 radical (unpaired) electrons. The molecule has 2 rings (SSSR count). The highest BCUT2D eigenvalue weighted by Crippen LogP contribution is 2.33. The van der Waals surface area contributed by atoms with Gasteiger partial charge in [0.05, 0.1) is 6.04 Å². The molecule has 0 bridgehead atoms. The second-order valence-corrected chi connectivity index (χ2v) is 7.10. The average molecular weight is 395 g/mol. The van der Waals surface area contributed by atoms with Gasteiger partial charge in [-0.1, -0.05) is 0 Å². The molecule has 1 aromatic rings. The third-order valence-corrected chi connectivity index (χ3v) is 4.51. The van der Waals surface area contributed by atoms with Gasteiger partial charge in [0.25, 0.3) is 0 Å². The van der Waals surface area contributed by atoms with Crippen molar-refractivity contribution in [2.75, 3.05) is 6.54 Å². The van der Waals surface area contributed by atoms with Crippen molar-refractivity contribution in [3.05, 3.63) is 15.0 Å². The van der Waals surface area contributed by atoms with Crippen LogP contribution in [-0.2, 0) is 4.74 Å². The van der Waals surface area contributed by atoms with Crippen molar-refractivity contribution in [3.63, 3.8) is 0 Å². The molecule has 1 fully saturated rings. The van der Waals surface area contributed by atoms with Crippen LogP contribution in [0.5, 0.6) is 0 Å². The zero-order valence-electron chi connectivity index (χ0n) is 11.2. The SMILES string of the molecule is CC(C)(C)OC(=O)N1CCC[C@@H]1c1nc(Br)c(Br)[nH]1. The number of carbonyl (C=O) groups excluding carboxylic acids is 1. The lowest BCUT2D eigenvalue weighted by molar-refractivity contribution is 0.0218. The molecule has 19 heavy (non-hydrogen) atoms. The van der Waals surface area contributed by atoms with Gasteiger partial charge in [-0.25, -0.2) is 9.78 Å². The van der Waals surface area contributed by atoms with E-state index in [1.54, 1.807) is 4.90 Å². The monoisotopic (exact) mass is 393 g/mol. The summed E-state index contributed by atoms with van der Waals surface area (Å²) in [6, 6.07) is -0.0440. The van der Waals surface area contributed by atoms with E-state index in [0.717, 1.165) is 27.9 Å². The molecule has 1 N–H and O–H groups in total. The first-order valence-electron chi connectivity index (χ1n) is 6.18. The van der Waals surface area contributed by atoms with Crippen LogP contribution in [0, 0.1) is 0 Å². The number of rotatable bonds is 1. The molecule has 1 aromatic heterocycles. The molecule has 1 amide bonds. The number of aromatic amines is 1. The normalized spacial score (nSPS) is 19.8. The molecule has 0 spiro atoms. The summed E-state index contributed by atoms with van der Waals surface area (Å²) in [6.07, 6.45) is 1.57. The average Bonchev–Trinajstić information content (AvgIpc) is 2.83. The Morgan fingerprint density at radius 2 is 2.16 bits per heavy atom. The van der Waals surface area contributed by atoms with E-state index in [0.29, 0.717) is 6.54 Å². The van der Waals surface area contributed by atoms with E-state index in [9.17, 15) is 4.79 Å². The van der Waals surface area contributed by atoms with Gasteiger partial charge >= 0.3 is 6.09 Å². The van der Waals surface area contributed by atoms with Crippen molar-refractivity contribution >= 4 is 38.0 Å². The summed E-state index contributed by atoms with van der Waals surface area (Å²) >= 11 is 6.71. The Bertz CT molecular complexity index is 462. The topological polar surface area (TPSA) is 58.2 Å².